The minimum absolute atomic E-state index is 0.238. The van der Waals surface area contributed by atoms with Crippen LogP contribution in [0, 0.1) is 0 Å². The van der Waals surface area contributed by atoms with Gasteiger partial charge in [-0.25, -0.2) is 4.98 Å². The highest BCUT2D eigenvalue weighted by molar-refractivity contribution is 7.09. The summed E-state index contributed by atoms with van der Waals surface area (Å²) in [5, 5.41) is 4.15. The maximum Gasteiger partial charge on any atom is 0.434 e. The number of guanidine groups is 1. The van der Waals surface area contributed by atoms with E-state index in [1.807, 2.05) is 0 Å². The molecule has 0 radical (unpaired) electrons. The molecular formula is C10H13F3N4S. The quantitative estimate of drug-likeness (QED) is 0.490. The molecule has 0 fully saturated rings. The molecule has 1 aromatic heterocycles. The van der Waals surface area contributed by atoms with Crippen molar-refractivity contribution in [2.24, 2.45) is 10.7 Å². The Balaban J connectivity index is 2.44. The molecule has 0 atom stereocenters. The van der Waals surface area contributed by atoms with Crippen molar-refractivity contribution in [3.05, 3.63) is 28.7 Å². The lowest BCUT2D eigenvalue weighted by atomic mass is 10.4. The van der Waals surface area contributed by atoms with Gasteiger partial charge in [0, 0.05) is 24.9 Å². The third-order valence-electron chi connectivity index (χ3n) is 1.88. The first-order chi connectivity index (χ1) is 8.43. The number of halogens is 3. The fourth-order valence-electron chi connectivity index (χ4n) is 1.06. The van der Waals surface area contributed by atoms with Crippen molar-refractivity contribution in [3.8, 4) is 0 Å². The Morgan fingerprint density at radius 3 is 2.89 bits per heavy atom. The highest BCUT2D eigenvalue weighted by Gasteiger charge is 2.33. The molecule has 1 aromatic rings. The van der Waals surface area contributed by atoms with Crippen LogP contribution in [0.25, 0.3) is 0 Å². The molecule has 0 bridgehead atoms. The van der Waals surface area contributed by atoms with E-state index < -0.39 is 11.9 Å². The van der Waals surface area contributed by atoms with E-state index in [9.17, 15) is 13.2 Å². The molecule has 1 heterocycles. The van der Waals surface area contributed by atoms with Crippen LogP contribution in [-0.2, 0) is 12.6 Å². The van der Waals surface area contributed by atoms with Crippen LogP contribution in [0.3, 0.4) is 0 Å². The first kappa shape index (κ1) is 14.5. The normalized spacial score (nSPS) is 12.5. The number of alkyl halides is 3. The molecule has 100 valence electrons. The number of aromatic nitrogens is 1. The third kappa shape index (κ3) is 4.74. The van der Waals surface area contributed by atoms with Gasteiger partial charge in [0.1, 0.15) is 0 Å². The van der Waals surface area contributed by atoms with E-state index in [-0.39, 0.29) is 5.96 Å². The van der Waals surface area contributed by atoms with Crippen LogP contribution < -0.4 is 11.1 Å². The molecule has 0 aromatic carbocycles. The second-order valence-corrected chi connectivity index (χ2v) is 4.25. The van der Waals surface area contributed by atoms with Crippen molar-refractivity contribution in [1.29, 1.82) is 0 Å². The predicted octanol–water partition coefficient (Wildman–Crippen LogP) is 1.79. The summed E-state index contributed by atoms with van der Waals surface area (Å²) in [6.07, 6.45) is -2.43. The summed E-state index contributed by atoms with van der Waals surface area (Å²) in [5.74, 6) is 0.238. The second kappa shape index (κ2) is 6.39. The molecule has 0 aliphatic carbocycles. The van der Waals surface area contributed by atoms with Crippen LogP contribution in [0.5, 0.6) is 0 Å². The Bertz CT molecular complexity index is 425. The summed E-state index contributed by atoms with van der Waals surface area (Å²) >= 11 is 0.968. The van der Waals surface area contributed by atoms with Gasteiger partial charge in [0.2, 0.25) is 0 Å². The van der Waals surface area contributed by atoms with Crippen LogP contribution in [0.1, 0.15) is 10.7 Å². The van der Waals surface area contributed by atoms with Gasteiger partial charge in [0.25, 0.3) is 0 Å². The molecule has 18 heavy (non-hydrogen) atoms. The maximum absolute atomic E-state index is 12.3. The summed E-state index contributed by atoms with van der Waals surface area (Å²) in [4.78, 5) is 7.44. The number of nitrogens with zero attached hydrogens (tertiary/aromatic N) is 2. The molecule has 8 heteroatoms. The first-order valence-electron chi connectivity index (χ1n) is 5.09. The standard InChI is InChI=1S/C10H13F3N4S/c1-2-4-15-9(14)16-5-3-8-17-7(6-18-8)10(11,12)13/h2,6H,1,3-5H2,(H3,14,15,16). The SMILES string of the molecule is C=CCNC(N)=NCCc1nc(C(F)(F)F)cs1. The minimum atomic E-state index is -4.39. The summed E-state index contributed by atoms with van der Waals surface area (Å²) < 4.78 is 36.8. The van der Waals surface area contributed by atoms with E-state index in [4.69, 9.17) is 5.73 Å². The molecule has 0 saturated heterocycles. The van der Waals surface area contributed by atoms with Gasteiger partial charge in [-0.1, -0.05) is 6.08 Å². The van der Waals surface area contributed by atoms with Crippen molar-refractivity contribution in [3.63, 3.8) is 0 Å². The molecule has 4 nitrogen and oxygen atoms in total. The van der Waals surface area contributed by atoms with Gasteiger partial charge < -0.3 is 11.1 Å². The molecule has 0 spiro atoms. The zero-order valence-electron chi connectivity index (χ0n) is 9.50. The lowest BCUT2D eigenvalue weighted by molar-refractivity contribution is -0.140. The molecule has 3 N–H and O–H groups in total. The lowest BCUT2D eigenvalue weighted by Gasteiger charge is -2.01. The highest BCUT2D eigenvalue weighted by atomic mass is 32.1. The average Bonchev–Trinajstić information content (AvgIpc) is 2.74. The highest BCUT2D eigenvalue weighted by Crippen LogP contribution is 2.29. The van der Waals surface area contributed by atoms with Gasteiger partial charge in [-0.05, 0) is 0 Å². The first-order valence-corrected chi connectivity index (χ1v) is 5.97. The van der Waals surface area contributed by atoms with Crippen LogP contribution >= 0.6 is 11.3 Å². The van der Waals surface area contributed by atoms with Crippen molar-refractivity contribution >= 4 is 17.3 Å². The monoisotopic (exact) mass is 278 g/mol. The van der Waals surface area contributed by atoms with E-state index in [0.29, 0.717) is 24.5 Å². The third-order valence-corrected chi connectivity index (χ3v) is 2.79. The van der Waals surface area contributed by atoms with Crippen molar-refractivity contribution in [1.82, 2.24) is 10.3 Å². The van der Waals surface area contributed by atoms with Crippen molar-refractivity contribution < 1.29 is 13.2 Å². The van der Waals surface area contributed by atoms with Crippen LogP contribution in [0.4, 0.5) is 13.2 Å². The van der Waals surface area contributed by atoms with E-state index >= 15 is 0 Å². The Morgan fingerprint density at radius 1 is 1.61 bits per heavy atom. The fourth-order valence-corrected chi connectivity index (χ4v) is 1.85. The topological polar surface area (TPSA) is 63.3 Å². The van der Waals surface area contributed by atoms with E-state index in [0.717, 1.165) is 16.7 Å². The minimum Gasteiger partial charge on any atom is -0.370 e. The predicted molar refractivity (Wildman–Crippen MR) is 65.5 cm³/mol. The smallest absolute Gasteiger partial charge is 0.370 e. The van der Waals surface area contributed by atoms with Gasteiger partial charge in [-0.2, -0.15) is 13.2 Å². The Kier molecular flexibility index (Phi) is 5.14. The Hall–Kier alpha value is -1.57. The number of aliphatic imine (C=N–C) groups is 1. The summed E-state index contributed by atoms with van der Waals surface area (Å²) in [6.45, 7) is 4.28. The van der Waals surface area contributed by atoms with Crippen LogP contribution in [0.2, 0.25) is 0 Å². The van der Waals surface area contributed by atoms with E-state index in [1.54, 1.807) is 6.08 Å². The van der Waals surface area contributed by atoms with Gasteiger partial charge in [-0.15, -0.1) is 17.9 Å². The fraction of sp³-hybridized carbons (Fsp3) is 0.400. The number of nitrogens with one attached hydrogen (secondary N) is 1. The molecule has 0 amide bonds. The van der Waals surface area contributed by atoms with Crippen LogP contribution in [-0.4, -0.2) is 24.0 Å². The zero-order chi connectivity index (χ0) is 13.6. The van der Waals surface area contributed by atoms with Gasteiger partial charge in [-0.3, -0.25) is 4.99 Å². The Labute approximate surface area is 106 Å². The molecule has 0 aliphatic heterocycles. The molecule has 0 aliphatic rings. The van der Waals surface area contributed by atoms with Gasteiger partial charge in [0.05, 0.1) is 5.01 Å². The second-order valence-electron chi connectivity index (χ2n) is 3.31. The largest absolute Gasteiger partial charge is 0.434 e. The average molecular weight is 278 g/mol. The molecular weight excluding hydrogens is 265 g/mol. The number of nitrogens with two attached hydrogens (primary N) is 1. The number of rotatable bonds is 5. The van der Waals surface area contributed by atoms with Gasteiger partial charge >= 0.3 is 6.18 Å². The van der Waals surface area contributed by atoms with Crippen molar-refractivity contribution in [2.75, 3.05) is 13.1 Å². The summed E-state index contributed by atoms with van der Waals surface area (Å²) in [5.41, 5.74) is 4.64. The molecule has 1 rings (SSSR count). The summed E-state index contributed by atoms with van der Waals surface area (Å²) in [6, 6.07) is 0. The van der Waals surface area contributed by atoms with Crippen molar-refractivity contribution in [2.45, 2.75) is 12.6 Å². The number of hydrogen-bond acceptors (Lipinski definition) is 3. The van der Waals surface area contributed by atoms with Gasteiger partial charge in [0.15, 0.2) is 11.7 Å². The van der Waals surface area contributed by atoms with E-state index in [1.165, 1.54) is 0 Å². The van der Waals surface area contributed by atoms with E-state index in [2.05, 4.69) is 21.9 Å². The number of thiazole rings is 1. The maximum atomic E-state index is 12.3. The molecule has 0 saturated carbocycles. The lowest BCUT2D eigenvalue weighted by Crippen LogP contribution is -2.31. The molecule has 0 unspecified atom stereocenters. The zero-order valence-corrected chi connectivity index (χ0v) is 10.3. The number of hydrogen-bond donors (Lipinski definition) is 2. The summed E-state index contributed by atoms with van der Waals surface area (Å²) in [7, 11) is 0. The Morgan fingerprint density at radius 2 is 2.33 bits per heavy atom. The van der Waals surface area contributed by atoms with Crippen LogP contribution in [0.15, 0.2) is 23.0 Å².